The van der Waals surface area contributed by atoms with Crippen LogP contribution in [0.3, 0.4) is 0 Å². The highest BCUT2D eigenvalue weighted by molar-refractivity contribution is 5.97. The topological polar surface area (TPSA) is 75.4 Å². The lowest BCUT2D eigenvalue weighted by atomic mass is 10.2. The average Bonchev–Trinajstić information content (AvgIpc) is 2.95. The molecule has 0 aliphatic carbocycles. The largest absolute Gasteiger partial charge is 0.471 e. The molecule has 1 N–H and O–H groups in total. The molecular formula is C11H12F3N3O3. The average molecular weight is 291 g/mol. The van der Waals surface area contributed by atoms with Crippen LogP contribution >= 0.6 is 0 Å². The number of hydrogen-bond donors (Lipinski definition) is 1. The van der Waals surface area contributed by atoms with Gasteiger partial charge in [0.15, 0.2) is 5.82 Å². The number of alkyl halides is 3. The van der Waals surface area contributed by atoms with Gasteiger partial charge in [-0.1, -0.05) is 5.16 Å². The lowest BCUT2D eigenvalue weighted by Crippen LogP contribution is -2.48. The fourth-order valence-corrected chi connectivity index (χ4v) is 2.08. The van der Waals surface area contributed by atoms with Crippen LogP contribution in [0.25, 0.3) is 0 Å². The van der Waals surface area contributed by atoms with E-state index in [1.54, 1.807) is 6.92 Å². The molecule has 1 aromatic rings. The van der Waals surface area contributed by atoms with Crippen molar-refractivity contribution in [3.05, 3.63) is 11.8 Å². The quantitative estimate of drug-likeness (QED) is 0.895. The van der Waals surface area contributed by atoms with E-state index in [-0.39, 0.29) is 18.8 Å². The van der Waals surface area contributed by atoms with Crippen LogP contribution in [-0.4, -0.2) is 40.6 Å². The zero-order valence-electron chi connectivity index (χ0n) is 10.5. The third kappa shape index (κ3) is 2.91. The van der Waals surface area contributed by atoms with E-state index in [9.17, 15) is 22.8 Å². The number of nitrogens with one attached hydrogen (secondary N) is 1. The van der Waals surface area contributed by atoms with Crippen molar-refractivity contribution in [1.82, 2.24) is 10.1 Å². The minimum absolute atomic E-state index is 0.0890. The Bertz CT molecular complexity index is 526. The van der Waals surface area contributed by atoms with E-state index >= 15 is 0 Å². The summed E-state index contributed by atoms with van der Waals surface area (Å²) in [5.74, 6) is -2.13. The molecule has 0 bridgehead atoms. The van der Waals surface area contributed by atoms with Crippen LogP contribution in [-0.2, 0) is 9.59 Å². The van der Waals surface area contributed by atoms with Crippen molar-refractivity contribution in [2.24, 2.45) is 0 Å². The van der Waals surface area contributed by atoms with Gasteiger partial charge in [-0.3, -0.25) is 9.59 Å². The number of carbonyl (C=O) groups is 2. The molecule has 0 saturated carbocycles. The van der Waals surface area contributed by atoms with Crippen molar-refractivity contribution in [3.63, 3.8) is 0 Å². The minimum Gasteiger partial charge on any atom is -0.360 e. The molecule has 1 aliphatic heterocycles. The first kappa shape index (κ1) is 14.4. The second-order valence-corrected chi connectivity index (χ2v) is 4.47. The molecule has 6 nitrogen and oxygen atoms in total. The van der Waals surface area contributed by atoms with E-state index < -0.39 is 24.0 Å². The molecule has 1 unspecified atom stereocenters. The van der Waals surface area contributed by atoms with Gasteiger partial charge in [-0.05, 0) is 19.8 Å². The Kier molecular flexibility index (Phi) is 3.69. The van der Waals surface area contributed by atoms with Gasteiger partial charge < -0.3 is 14.7 Å². The Labute approximate surface area is 111 Å². The predicted molar refractivity (Wildman–Crippen MR) is 60.7 cm³/mol. The number of likely N-dealkylation sites (tertiary alicyclic amines) is 1. The molecular weight excluding hydrogens is 279 g/mol. The maximum absolute atomic E-state index is 12.4. The number of hydrogen-bond acceptors (Lipinski definition) is 4. The Morgan fingerprint density at radius 3 is 2.75 bits per heavy atom. The molecule has 0 aromatic carbocycles. The summed E-state index contributed by atoms with van der Waals surface area (Å²) in [4.78, 5) is 23.7. The van der Waals surface area contributed by atoms with E-state index in [0.717, 1.165) is 0 Å². The van der Waals surface area contributed by atoms with Crippen LogP contribution in [0, 0.1) is 6.92 Å². The maximum atomic E-state index is 12.4. The number of anilines is 1. The van der Waals surface area contributed by atoms with Gasteiger partial charge in [0.05, 0.1) is 0 Å². The van der Waals surface area contributed by atoms with Gasteiger partial charge in [0.2, 0.25) is 5.91 Å². The number of aromatic nitrogens is 1. The lowest BCUT2D eigenvalue weighted by Gasteiger charge is -2.24. The van der Waals surface area contributed by atoms with E-state index in [4.69, 9.17) is 4.52 Å². The second kappa shape index (κ2) is 5.14. The molecule has 110 valence electrons. The molecule has 1 aromatic heterocycles. The summed E-state index contributed by atoms with van der Waals surface area (Å²) in [6.45, 7) is 1.52. The van der Waals surface area contributed by atoms with Gasteiger partial charge in [-0.2, -0.15) is 13.2 Å². The molecule has 1 saturated heterocycles. The SMILES string of the molecule is Cc1cc(NC(=O)C2CCCN2C(=O)C(F)(F)F)no1. The first-order chi connectivity index (χ1) is 9.29. The summed E-state index contributed by atoms with van der Waals surface area (Å²) in [5, 5.41) is 5.85. The summed E-state index contributed by atoms with van der Waals surface area (Å²) >= 11 is 0. The predicted octanol–water partition coefficient (Wildman–Crippen LogP) is 1.47. The van der Waals surface area contributed by atoms with E-state index in [2.05, 4.69) is 10.5 Å². The van der Waals surface area contributed by atoms with Crippen molar-refractivity contribution < 1.29 is 27.3 Å². The van der Waals surface area contributed by atoms with Gasteiger partial charge in [0.25, 0.3) is 0 Å². The molecule has 9 heteroatoms. The van der Waals surface area contributed by atoms with Crippen LogP contribution in [0.2, 0.25) is 0 Å². The lowest BCUT2D eigenvalue weighted by molar-refractivity contribution is -0.186. The fraction of sp³-hybridized carbons (Fsp3) is 0.545. The van der Waals surface area contributed by atoms with Crippen LogP contribution in [0.1, 0.15) is 18.6 Å². The minimum atomic E-state index is -4.98. The summed E-state index contributed by atoms with van der Waals surface area (Å²) in [7, 11) is 0. The second-order valence-electron chi connectivity index (χ2n) is 4.47. The molecule has 20 heavy (non-hydrogen) atoms. The molecule has 2 amide bonds. The standard InChI is InChI=1S/C11H12F3N3O3/c1-6-5-8(16-20-6)15-9(18)7-3-2-4-17(7)10(19)11(12,13)14/h5,7H,2-4H2,1H3,(H,15,16,18). The Balaban J connectivity index is 2.07. The summed E-state index contributed by atoms with van der Waals surface area (Å²) in [5.41, 5.74) is 0. The number of nitrogens with zero attached hydrogens (tertiary/aromatic N) is 2. The fourth-order valence-electron chi connectivity index (χ4n) is 2.08. The highest BCUT2D eigenvalue weighted by Crippen LogP contribution is 2.26. The van der Waals surface area contributed by atoms with E-state index in [1.165, 1.54) is 6.07 Å². The third-order valence-electron chi connectivity index (χ3n) is 2.94. The highest BCUT2D eigenvalue weighted by atomic mass is 19.4. The zero-order chi connectivity index (χ0) is 14.9. The van der Waals surface area contributed by atoms with Crippen molar-refractivity contribution >= 4 is 17.6 Å². The normalized spacial score (nSPS) is 19.2. The maximum Gasteiger partial charge on any atom is 0.471 e. The number of carbonyl (C=O) groups excluding carboxylic acids is 2. The first-order valence-corrected chi connectivity index (χ1v) is 5.91. The van der Waals surface area contributed by atoms with Crippen LogP contribution in [0.4, 0.5) is 19.0 Å². The van der Waals surface area contributed by atoms with Crippen LogP contribution in [0.15, 0.2) is 10.6 Å². The molecule has 0 radical (unpaired) electrons. The molecule has 1 fully saturated rings. The van der Waals surface area contributed by atoms with Crippen molar-refractivity contribution in [2.75, 3.05) is 11.9 Å². The summed E-state index contributed by atoms with van der Waals surface area (Å²) in [6, 6.07) is 0.295. The highest BCUT2D eigenvalue weighted by Gasteiger charge is 2.47. The Morgan fingerprint density at radius 2 is 2.20 bits per heavy atom. The molecule has 2 heterocycles. The molecule has 1 atom stereocenters. The first-order valence-electron chi connectivity index (χ1n) is 5.91. The number of halogens is 3. The Hall–Kier alpha value is -2.06. The van der Waals surface area contributed by atoms with Gasteiger partial charge in [0.1, 0.15) is 11.8 Å². The number of amides is 2. The molecule has 1 aliphatic rings. The number of rotatable bonds is 2. The third-order valence-corrected chi connectivity index (χ3v) is 2.94. The molecule has 2 rings (SSSR count). The van der Waals surface area contributed by atoms with Gasteiger partial charge >= 0.3 is 12.1 Å². The smallest absolute Gasteiger partial charge is 0.360 e. The van der Waals surface area contributed by atoms with Gasteiger partial charge in [-0.25, -0.2) is 0 Å². The Morgan fingerprint density at radius 1 is 1.50 bits per heavy atom. The van der Waals surface area contributed by atoms with Crippen molar-refractivity contribution in [2.45, 2.75) is 32.0 Å². The van der Waals surface area contributed by atoms with Crippen LogP contribution in [0.5, 0.6) is 0 Å². The molecule has 0 spiro atoms. The van der Waals surface area contributed by atoms with Crippen LogP contribution < -0.4 is 5.32 Å². The van der Waals surface area contributed by atoms with Crippen molar-refractivity contribution in [1.29, 1.82) is 0 Å². The van der Waals surface area contributed by atoms with E-state index in [0.29, 0.717) is 17.1 Å². The zero-order valence-corrected chi connectivity index (χ0v) is 10.5. The summed E-state index contributed by atoms with van der Waals surface area (Å²) in [6.07, 6.45) is -4.45. The summed E-state index contributed by atoms with van der Waals surface area (Å²) < 4.78 is 42.0. The number of aryl methyl sites for hydroxylation is 1. The monoisotopic (exact) mass is 291 g/mol. The van der Waals surface area contributed by atoms with Gasteiger partial charge in [0, 0.05) is 12.6 Å². The van der Waals surface area contributed by atoms with E-state index in [1.807, 2.05) is 0 Å². The van der Waals surface area contributed by atoms with Crippen molar-refractivity contribution in [3.8, 4) is 0 Å². The van der Waals surface area contributed by atoms with Gasteiger partial charge in [-0.15, -0.1) is 0 Å².